The minimum atomic E-state index is -0.383. The molecule has 0 aliphatic rings. The third-order valence-electron chi connectivity index (χ3n) is 2.00. The highest BCUT2D eigenvalue weighted by atomic mass is 14.8. The van der Waals surface area contributed by atoms with Crippen molar-refractivity contribution in [2.24, 2.45) is 0 Å². The lowest BCUT2D eigenvalue weighted by atomic mass is 9.94. The van der Waals surface area contributed by atoms with Crippen molar-refractivity contribution in [1.82, 2.24) is 0 Å². The average Bonchev–Trinajstić information content (AvgIpc) is 2.05. The zero-order valence-corrected chi connectivity index (χ0v) is 7.76. The number of nitrogens with zero attached hydrogens (tertiary/aromatic N) is 1. The van der Waals surface area contributed by atoms with Crippen molar-refractivity contribution in [2.75, 3.05) is 0 Å². The quantitative estimate of drug-likeness (QED) is 0.554. The minimum Gasteiger partial charge on any atom is -0.306 e. The Morgan fingerprint density at radius 3 is 2.50 bits per heavy atom. The van der Waals surface area contributed by atoms with Crippen molar-refractivity contribution < 1.29 is 0 Å². The van der Waals surface area contributed by atoms with Gasteiger partial charge in [-0.05, 0) is 13.0 Å². The highest BCUT2D eigenvalue weighted by molar-refractivity contribution is 5.30. The summed E-state index contributed by atoms with van der Waals surface area (Å²) in [6.07, 6.45) is 0. The molecule has 1 heteroatoms. The van der Waals surface area contributed by atoms with Crippen LogP contribution in [-0.2, 0) is 5.54 Å². The predicted molar refractivity (Wildman–Crippen MR) is 50.8 cm³/mol. The van der Waals surface area contributed by atoms with E-state index in [2.05, 4.69) is 10.9 Å². The van der Waals surface area contributed by atoms with Crippen LogP contribution in [0.5, 0.6) is 0 Å². The second kappa shape index (κ2) is 2.98. The van der Waals surface area contributed by atoms with Gasteiger partial charge in [-0.25, -0.2) is 6.57 Å². The summed E-state index contributed by atoms with van der Waals surface area (Å²) in [5, 5.41) is 0. The molecule has 0 saturated heterocycles. The fraction of sp³-hybridized carbons (Fsp3) is 0.364. The Hall–Kier alpha value is -1.29. The summed E-state index contributed by atoms with van der Waals surface area (Å²) in [5.74, 6) is 0. The van der Waals surface area contributed by atoms with Gasteiger partial charge in [0.1, 0.15) is 0 Å². The summed E-state index contributed by atoms with van der Waals surface area (Å²) in [7, 11) is 0. The van der Waals surface area contributed by atoms with Crippen LogP contribution in [0.2, 0.25) is 0 Å². The molecule has 1 aromatic carbocycles. The molecule has 0 aliphatic heterocycles. The SMILES string of the molecule is [C-]#[N+]C(C)(C)c1cccc(C)c1. The van der Waals surface area contributed by atoms with E-state index in [1.54, 1.807) is 0 Å². The van der Waals surface area contributed by atoms with E-state index in [1.807, 2.05) is 39.0 Å². The molecule has 0 atom stereocenters. The molecule has 0 aromatic heterocycles. The molecule has 1 aromatic rings. The van der Waals surface area contributed by atoms with Gasteiger partial charge in [0, 0.05) is 19.4 Å². The van der Waals surface area contributed by atoms with Crippen LogP contribution < -0.4 is 0 Å². The van der Waals surface area contributed by atoms with Gasteiger partial charge in [-0.3, -0.25) is 0 Å². The van der Waals surface area contributed by atoms with E-state index in [0.29, 0.717) is 0 Å². The van der Waals surface area contributed by atoms with Gasteiger partial charge in [-0.1, -0.05) is 23.8 Å². The van der Waals surface area contributed by atoms with Gasteiger partial charge in [0.2, 0.25) is 0 Å². The van der Waals surface area contributed by atoms with Crippen LogP contribution in [0.25, 0.3) is 4.85 Å². The van der Waals surface area contributed by atoms with E-state index in [4.69, 9.17) is 6.57 Å². The van der Waals surface area contributed by atoms with Crippen LogP contribution in [0.15, 0.2) is 24.3 Å². The molecular formula is C11H13N. The molecule has 0 amide bonds. The number of aryl methyl sites for hydroxylation is 1. The van der Waals surface area contributed by atoms with E-state index in [-0.39, 0.29) is 5.54 Å². The van der Waals surface area contributed by atoms with Gasteiger partial charge >= 0.3 is 0 Å². The third kappa shape index (κ3) is 1.65. The van der Waals surface area contributed by atoms with Crippen LogP contribution in [0.4, 0.5) is 0 Å². The lowest BCUT2D eigenvalue weighted by Crippen LogP contribution is -2.10. The second-order valence-corrected chi connectivity index (χ2v) is 3.54. The molecule has 1 nitrogen and oxygen atoms in total. The highest BCUT2D eigenvalue weighted by Crippen LogP contribution is 2.24. The van der Waals surface area contributed by atoms with Crippen LogP contribution in [-0.4, -0.2) is 0 Å². The normalized spacial score (nSPS) is 10.8. The number of benzene rings is 1. The van der Waals surface area contributed by atoms with Gasteiger partial charge in [-0.2, -0.15) is 0 Å². The van der Waals surface area contributed by atoms with Crippen LogP contribution in [0, 0.1) is 13.5 Å². The monoisotopic (exact) mass is 159 g/mol. The number of hydrogen-bond donors (Lipinski definition) is 0. The number of hydrogen-bond acceptors (Lipinski definition) is 0. The maximum atomic E-state index is 7.04. The maximum absolute atomic E-state index is 7.04. The Kier molecular flexibility index (Phi) is 2.19. The van der Waals surface area contributed by atoms with Crippen molar-refractivity contribution in [3.63, 3.8) is 0 Å². The first-order valence-corrected chi connectivity index (χ1v) is 4.02. The molecule has 0 radical (unpaired) electrons. The first kappa shape index (κ1) is 8.80. The lowest BCUT2D eigenvalue weighted by molar-refractivity contribution is 0.663. The van der Waals surface area contributed by atoms with Crippen LogP contribution >= 0.6 is 0 Å². The van der Waals surface area contributed by atoms with Gasteiger partial charge in [0.05, 0.1) is 0 Å². The summed E-state index contributed by atoms with van der Waals surface area (Å²) in [6, 6.07) is 8.12. The first-order chi connectivity index (χ1) is 5.56. The topological polar surface area (TPSA) is 4.36 Å². The molecule has 0 unspecified atom stereocenters. The molecule has 0 saturated carbocycles. The molecule has 0 fully saturated rings. The summed E-state index contributed by atoms with van der Waals surface area (Å²) >= 11 is 0. The van der Waals surface area contributed by atoms with Crippen molar-refractivity contribution in [3.8, 4) is 0 Å². The minimum absolute atomic E-state index is 0.383. The zero-order chi connectivity index (χ0) is 9.19. The molecule has 0 aliphatic carbocycles. The van der Waals surface area contributed by atoms with Crippen molar-refractivity contribution in [3.05, 3.63) is 46.8 Å². The van der Waals surface area contributed by atoms with E-state index >= 15 is 0 Å². The molecule has 62 valence electrons. The molecule has 0 N–H and O–H groups in total. The van der Waals surface area contributed by atoms with Crippen molar-refractivity contribution >= 4 is 0 Å². The highest BCUT2D eigenvalue weighted by Gasteiger charge is 2.25. The van der Waals surface area contributed by atoms with E-state index < -0.39 is 0 Å². The Morgan fingerprint density at radius 1 is 1.33 bits per heavy atom. The first-order valence-electron chi connectivity index (χ1n) is 4.02. The lowest BCUT2D eigenvalue weighted by Gasteiger charge is -2.11. The van der Waals surface area contributed by atoms with Gasteiger partial charge in [-0.15, -0.1) is 0 Å². The fourth-order valence-electron chi connectivity index (χ4n) is 1.09. The van der Waals surface area contributed by atoms with Crippen molar-refractivity contribution in [2.45, 2.75) is 26.3 Å². The van der Waals surface area contributed by atoms with E-state index in [0.717, 1.165) is 5.56 Å². The molecular weight excluding hydrogens is 146 g/mol. The van der Waals surface area contributed by atoms with Gasteiger partial charge in [0.15, 0.2) is 0 Å². The van der Waals surface area contributed by atoms with E-state index in [9.17, 15) is 0 Å². The molecule has 0 spiro atoms. The number of rotatable bonds is 1. The van der Waals surface area contributed by atoms with Gasteiger partial charge < -0.3 is 4.85 Å². The zero-order valence-electron chi connectivity index (χ0n) is 7.76. The van der Waals surface area contributed by atoms with Crippen LogP contribution in [0.3, 0.4) is 0 Å². The Morgan fingerprint density at radius 2 is 2.00 bits per heavy atom. The molecule has 0 heterocycles. The smallest absolute Gasteiger partial charge is 0.252 e. The largest absolute Gasteiger partial charge is 0.306 e. The molecule has 1 rings (SSSR count). The van der Waals surface area contributed by atoms with Gasteiger partial charge in [0.25, 0.3) is 5.54 Å². The molecule has 0 bridgehead atoms. The average molecular weight is 159 g/mol. The Balaban J connectivity index is 3.14. The Labute approximate surface area is 73.9 Å². The summed E-state index contributed by atoms with van der Waals surface area (Å²) in [6.45, 7) is 13.0. The standard InChI is InChI=1S/C11H13N/c1-9-6-5-7-10(8-9)11(2,3)12-4/h5-8H,1-3H3. The van der Waals surface area contributed by atoms with Crippen molar-refractivity contribution in [1.29, 1.82) is 0 Å². The maximum Gasteiger partial charge on any atom is 0.252 e. The predicted octanol–water partition coefficient (Wildman–Crippen LogP) is 3.15. The summed E-state index contributed by atoms with van der Waals surface area (Å²) in [5.41, 5.74) is 1.92. The summed E-state index contributed by atoms with van der Waals surface area (Å²) < 4.78 is 0. The fourth-order valence-corrected chi connectivity index (χ4v) is 1.09. The van der Waals surface area contributed by atoms with E-state index in [1.165, 1.54) is 5.56 Å². The second-order valence-electron chi connectivity index (χ2n) is 3.54. The molecule has 12 heavy (non-hydrogen) atoms. The summed E-state index contributed by atoms with van der Waals surface area (Å²) in [4.78, 5) is 3.58. The van der Waals surface area contributed by atoms with Crippen LogP contribution in [0.1, 0.15) is 25.0 Å². The third-order valence-corrected chi connectivity index (χ3v) is 2.00. The Bertz CT molecular complexity index is 318.